The van der Waals surface area contributed by atoms with Gasteiger partial charge < -0.3 is 0 Å². The first kappa shape index (κ1) is 17.8. The summed E-state index contributed by atoms with van der Waals surface area (Å²) in [5.74, 6) is 0.526. The highest BCUT2D eigenvalue weighted by atomic mass is 16.1. The van der Waals surface area contributed by atoms with E-state index in [1.807, 2.05) is 13.2 Å². The van der Waals surface area contributed by atoms with Crippen LogP contribution in [0.5, 0.6) is 0 Å². The van der Waals surface area contributed by atoms with E-state index in [1.165, 1.54) is 0 Å². The van der Waals surface area contributed by atoms with E-state index in [9.17, 15) is 4.79 Å². The Morgan fingerprint density at radius 3 is 2.52 bits per heavy atom. The Kier molecular flexibility index (Phi) is 5.03. The first-order chi connectivity index (χ1) is 11.8. The van der Waals surface area contributed by atoms with E-state index in [1.54, 1.807) is 21.6 Å². The molecule has 2 aromatic rings. The second-order valence-corrected chi connectivity index (χ2v) is 8.12. The van der Waals surface area contributed by atoms with Crippen molar-refractivity contribution in [1.29, 1.82) is 0 Å². The van der Waals surface area contributed by atoms with Gasteiger partial charge in [-0.25, -0.2) is 4.98 Å². The number of aromatic nitrogens is 5. The highest BCUT2D eigenvalue weighted by Gasteiger charge is 2.22. The molecule has 1 aliphatic rings. The van der Waals surface area contributed by atoms with E-state index in [4.69, 9.17) is 0 Å². The van der Waals surface area contributed by atoms with Crippen molar-refractivity contribution in [2.24, 2.45) is 13.0 Å². The average Bonchev–Trinajstić information content (AvgIpc) is 2.95. The van der Waals surface area contributed by atoms with E-state index >= 15 is 0 Å². The molecule has 3 heterocycles. The molecular formula is C18H28N6O. The minimum Gasteiger partial charge on any atom is -0.299 e. The van der Waals surface area contributed by atoms with Crippen LogP contribution in [0.25, 0.3) is 0 Å². The third-order valence-corrected chi connectivity index (χ3v) is 4.85. The van der Waals surface area contributed by atoms with Crippen molar-refractivity contribution in [1.82, 2.24) is 29.4 Å². The smallest absolute Gasteiger partial charge is 0.253 e. The molecule has 0 bridgehead atoms. The molecule has 7 heteroatoms. The van der Waals surface area contributed by atoms with Gasteiger partial charge in [0, 0.05) is 37.8 Å². The molecule has 0 saturated carbocycles. The number of piperidine rings is 1. The quantitative estimate of drug-likeness (QED) is 0.842. The Morgan fingerprint density at radius 2 is 1.96 bits per heavy atom. The van der Waals surface area contributed by atoms with Gasteiger partial charge in [0.2, 0.25) is 0 Å². The summed E-state index contributed by atoms with van der Waals surface area (Å²) in [5.41, 5.74) is 1.83. The maximum Gasteiger partial charge on any atom is 0.253 e. The van der Waals surface area contributed by atoms with Crippen LogP contribution in [0.15, 0.2) is 23.4 Å². The summed E-state index contributed by atoms with van der Waals surface area (Å²) in [6, 6.07) is 1.68. The highest BCUT2D eigenvalue weighted by Crippen LogP contribution is 2.21. The molecular weight excluding hydrogens is 316 g/mol. The summed E-state index contributed by atoms with van der Waals surface area (Å²) < 4.78 is 3.50. The van der Waals surface area contributed by atoms with Crippen LogP contribution in [0.4, 0.5) is 0 Å². The predicted molar refractivity (Wildman–Crippen MR) is 96.2 cm³/mol. The second-order valence-electron chi connectivity index (χ2n) is 8.12. The Labute approximate surface area is 148 Å². The Balaban J connectivity index is 1.54. The molecule has 0 atom stereocenters. The van der Waals surface area contributed by atoms with Crippen LogP contribution in [0.3, 0.4) is 0 Å². The van der Waals surface area contributed by atoms with Crippen molar-refractivity contribution < 1.29 is 0 Å². The van der Waals surface area contributed by atoms with Gasteiger partial charge in [-0.1, -0.05) is 26.0 Å². The van der Waals surface area contributed by atoms with Gasteiger partial charge in [0.25, 0.3) is 5.56 Å². The molecule has 1 aliphatic heterocycles. The lowest BCUT2D eigenvalue weighted by Crippen LogP contribution is -2.36. The fraction of sp³-hybridized carbons (Fsp3) is 0.667. The van der Waals surface area contributed by atoms with Crippen LogP contribution in [-0.2, 0) is 25.6 Å². The fourth-order valence-electron chi connectivity index (χ4n) is 3.28. The summed E-state index contributed by atoms with van der Waals surface area (Å²) in [7, 11) is 1.89. The fourth-order valence-corrected chi connectivity index (χ4v) is 3.28. The third-order valence-electron chi connectivity index (χ3n) is 4.85. The molecule has 0 unspecified atom stereocenters. The Morgan fingerprint density at radius 1 is 1.24 bits per heavy atom. The summed E-state index contributed by atoms with van der Waals surface area (Å²) in [6.45, 7) is 9.90. The minimum atomic E-state index is -0.0933. The maximum absolute atomic E-state index is 12.4. The second kappa shape index (κ2) is 7.07. The van der Waals surface area contributed by atoms with Crippen LogP contribution in [0.2, 0.25) is 0 Å². The third kappa shape index (κ3) is 4.54. The van der Waals surface area contributed by atoms with Crippen LogP contribution in [0, 0.1) is 5.92 Å². The number of rotatable bonds is 4. The summed E-state index contributed by atoms with van der Waals surface area (Å²) in [6.07, 6.45) is 5.87. The summed E-state index contributed by atoms with van der Waals surface area (Å²) >= 11 is 0. The van der Waals surface area contributed by atoms with Gasteiger partial charge in [-0.3, -0.25) is 18.9 Å². The maximum atomic E-state index is 12.4. The lowest BCUT2D eigenvalue weighted by Gasteiger charge is -2.31. The molecule has 136 valence electrons. The first-order valence-corrected chi connectivity index (χ1v) is 8.96. The Hall–Kier alpha value is -2.02. The van der Waals surface area contributed by atoms with Gasteiger partial charge in [0.1, 0.15) is 0 Å². The summed E-state index contributed by atoms with van der Waals surface area (Å²) in [4.78, 5) is 19.3. The van der Waals surface area contributed by atoms with Gasteiger partial charge in [0.05, 0.1) is 17.7 Å². The topological polar surface area (TPSA) is 68.8 Å². The van der Waals surface area contributed by atoms with Gasteiger partial charge in [-0.2, -0.15) is 0 Å². The van der Waals surface area contributed by atoms with Crippen molar-refractivity contribution in [3.8, 4) is 0 Å². The van der Waals surface area contributed by atoms with Gasteiger partial charge >= 0.3 is 0 Å². The van der Waals surface area contributed by atoms with Crippen LogP contribution < -0.4 is 5.56 Å². The molecule has 7 nitrogen and oxygen atoms in total. The number of aryl methyl sites for hydroxylation is 1. The predicted octanol–water partition coefficient (Wildman–Crippen LogP) is 1.58. The van der Waals surface area contributed by atoms with Crippen molar-refractivity contribution in [2.75, 3.05) is 13.1 Å². The van der Waals surface area contributed by atoms with Crippen molar-refractivity contribution in [2.45, 2.75) is 52.1 Å². The van der Waals surface area contributed by atoms with E-state index in [0.29, 0.717) is 5.92 Å². The number of likely N-dealkylation sites (tertiary alicyclic amines) is 1. The molecule has 1 fully saturated rings. The van der Waals surface area contributed by atoms with Crippen molar-refractivity contribution >= 4 is 0 Å². The molecule has 2 aromatic heterocycles. The zero-order valence-electron chi connectivity index (χ0n) is 15.6. The highest BCUT2D eigenvalue weighted by molar-refractivity contribution is 5.10. The number of hydrogen-bond donors (Lipinski definition) is 0. The zero-order valence-corrected chi connectivity index (χ0v) is 15.6. The largest absolute Gasteiger partial charge is 0.299 e. The van der Waals surface area contributed by atoms with E-state index < -0.39 is 0 Å². The van der Waals surface area contributed by atoms with Gasteiger partial charge in [-0.15, -0.1) is 5.10 Å². The molecule has 0 spiro atoms. The number of nitrogens with zero attached hydrogens (tertiary/aromatic N) is 6. The molecule has 1 saturated heterocycles. The molecule has 0 radical (unpaired) electrons. The standard InChI is InChI=1S/C18H28N6O/c1-18(2,3)16-9-17(25)24(13-19-16)10-14-5-7-23(8-6-14)12-15-11-22(4)21-20-15/h9,11,13-14H,5-8,10,12H2,1-4H3. The normalized spacial score (nSPS) is 17.1. The molecule has 25 heavy (non-hydrogen) atoms. The lowest BCUT2D eigenvalue weighted by molar-refractivity contribution is 0.164. The SMILES string of the molecule is Cn1cc(CN2CCC(Cn3cnc(C(C)(C)C)cc3=O)CC2)nn1. The summed E-state index contributed by atoms with van der Waals surface area (Å²) in [5, 5.41) is 8.14. The first-order valence-electron chi connectivity index (χ1n) is 8.96. The van der Waals surface area contributed by atoms with Gasteiger partial charge in [-0.05, 0) is 31.8 Å². The molecule has 3 rings (SSSR count). The van der Waals surface area contributed by atoms with Crippen LogP contribution in [0.1, 0.15) is 45.0 Å². The van der Waals surface area contributed by atoms with E-state index in [-0.39, 0.29) is 11.0 Å². The zero-order chi connectivity index (χ0) is 18.0. The van der Waals surface area contributed by atoms with Gasteiger partial charge in [0.15, 0.2) is 0 Å². The van der Waals surface area contributed by atoms with Crippen molar-refractivity contribution in [3.63, 3.8) is 0 Å². The monoisotopic (exact) mass is 344 g/mol. The molecule has 0 aromatic carbocycles. The van der Waals surface area contributed by atoms with E-state index in [2.05, 4.69) is 41.0 Å². The minimum absolute atomic E-state index is 0.0573. The van der Waals surface area contributed by atoms with Crippen LogP contribution >= 0.6 is 0 Å². The number of hydrogen-bond acceptors (Lipinski definition) is 5. The Bertz CT molecular complexity index is 764. The van der Waals surface area contributed by atoms with Crippen LogP contribution in [-0.4, -0.2) is 42.5 Å². The van der Waals surface area contributed by atoms with E-state index in [0.717, 1.165) is 50.4 Å². The molecule has 0 aliphatic carbocycles. The average molecular weight is 344 g/mol. The molecule has 0 N–H and O–H groups in total. The van der Waals surface area contributed by atoms with Crippen molar-refractivity contribution in [3.05, 3.63) is 40.3 Å². The molecule has 0 amide bonds. The lowest BCUT2D eigenvalue weighted by atomic mass is 9.92.